The Labute approximate surface area is 368 Å². The summed E-state index contributed by atoms with van der Waals surface area (Å²) in [6, 6.07) is 57.7. The third kappa shape index (κ3) is 5.13. The van der Waals surface area contributed by atoms with Crippen molar-refractivity contribution in [3.05, 3.63) is 192 Å². The minimum absolute atomic E-state index is 0.0994. The topological polar surface area (TPSA) is 21.9 Å². The van der Waals surface area contributed by atoms with Gasteiger partial charge < -0.3 is 4.74 Å². The molecule has 3 aliphatic heterocycles. The molecule has 0 aliphatic carbocycles. The first-order valence-electron chi connectivity index (χ1n) is 23.2. The van der Waals surface area contributed by atoms with Crippen molar-refractivity contribution in [1.82, 2.24) is 4.57 Å². The van der Waals surface area contributed by atoms with Gasteiger partial charge in [-0.1, -0.05) is 145 Å². The molecule has 300 valence electrons. The van der Waals surface area contributed by atoms with Gasteiger partial charge >= 0.3 is 11.7 Å². The summed E-state index contributed by atoms with van der Waals surface area (Å²) < 4.78 is 42.1. The molecule has 9 aromatic rings. The zero-order valence-corrected chi connectivity index (χ0v) is 35.9. The van der Waals surface area contributed by atoms with E-state index in [9.17, 15) is 4.11 Å². The van der Waals surface area contributed by atoms with Gasteiger partial charge in [-0.05, 0) is 116 Å². The lowest BCUT2D eigenvalue weighted by Crippen LogP contribution is -2.78. The molecular formula is C58H49N3O+2. The predicted molar refractivity (Wildman–Crippen MR) is 252 cm³/mol. The highest BCUT2D eigenvalue weighted by Gasteiger charge is 2.68. The lowest BCUT2D eigenvalue weighted by molar-refractivity contribution is -0.997. The number of nitrogens with zero attached hydrogens (tertiary/aromatic N) is 3. The summed E-state index contributed by atoms with van der Waals surface area (Å²) in [7, 11) is 0. The Hall–Kier alpha value is -7.04. The smallest absolute Gasteiger partial charge is 0.392 e. The van der Waals surface area contributed by atoms with E-state index in [0.29, 0.717) is 5.69 Å². The molecule has 0 N–H and O–H groups in total. The average molecular weight is 807 g/mol. The Morgan fingerprint density at radius 1 is 0.532 bits per heavy atom. The highest BCUT2D eigenvalue weighted by molar-refractivity contribution is 5.99. The lowest BCUT2D eigenvalue weighted by Gasteiger charge is -2.32. The quantitative estimate of drug-likeness (QED) is 0.162. The highest BCUT2D eigenvalue weighted by Crippen LogP contribution is 2.54. The summed E-state index contributed by atoms with van der Waals surface area (Å²) in [4.78, 5) is 0. The molecule has 1 atom stereocenters. The SMILES string of the molecule is [2H]C([2H])([2H])c1cc(-c2cc(C(C)(C)C)cc(C(C)(C)C)c2)ccc1-n1c2[n+]3c4c(cccc41)-c1cc(-c4ccccc4)cc4c1C3(Oc1ccccc1-2)[n+]1ccc(-c2ccccc2)cc1-4. The van der Waals surface area contributed by atoms with Gasteiger partial charge in [-0.2, -0.15) is 4.57 Å². The molecule has 0 saturated carbocycles. The molecule has 0 bridgehead atoms. The van der Waals surface area contributed by atoms with Gasteiger partial charge in [-0.25, -0.2) is 0 Å². The van der Waals surface area contributed by atoms with Crippen LogP contribution in [0.5, 0.6) is 5.75 Å². The Bertz CT molecular complexity index is 3430. The molecule has 4 nitrogen and oxygen atoms in total. The van der Waals surface area contributed by atoms with Crippen LogP contribution in [0.15, 0.2) is 170 Å². The maximum atomic E-state index is 9.21. The summed E-state index contributed by atoms with van der Waals surface area (Å²) in [5, 5.41) is 0. The molecule has 1 spiro atoms. The number of benzene rings is 7. The summed E-state index contributed by atoms with van der Waals surface area (Å²) in [6.45, 7) is 10.9. The van der Waals surface area contributed by atoms with Crippen LogP contribution in [0.2, 0.25) is 0 Å². The first-order valence-corrected chi connectivity index (χ1v) is 21.7. The van der Waals surface area contributed by atoms with Gasteiger partial charge in [-0.15, -0.1) is 9.13 Å². The molecular weight excluding hydrogens is 755 g/mol. The number of para-hydroxylation sites is 2. The molecule has 0 amide bonds. The first-order chi connectivity index (χ1) is 31.1. The number of aromatic nitrogens is 3. The number of fused-ring (bicyclic) bond motifs is 5. The molecule has 2 aromatic heterocycles. The Balaban J connectivity index is 1.19. The monoisotopic (exact) mass is 806 g/mol. The van der Waals surface area contributed by atoms with E-state index in [1.807, 2.05) is 36.4 Å². The number of imidazole rings is 1. The van der Waals surface area contributed by atoms with Crippen molar-refractivity contribution >= 4 is 11.0 Å². The van der Waals surface area contributed by atoms with Crippen molar-refractivity contribution in [2.24, 2.45) is 0 Å². The normalized spacial score (nSPS) is 16.5. The number of rotatable bonds is 4. The van der Waals surface area contributed by atoms with Gasteiger partial charge in [0.15, 0.2) is 17.2 Å². The van der Waals surface area contributed by atoms with E-state index in [1.165, 1.54) is 11.1 Å². The predicted octanol–water partition coefficient (Wildman–Crippen LogP) is 13.3. The maximum Gasteiger partial charge on any atom is 0.499 e. The molecule has 0 radical (unpaired) electrons. The zero-order chi connectivity index (χ0) is 44.8. The Morgan fingerprint density at radius 2 is 1.16 bits per heavy atom. The number of hydrogen-bond acceptors (Lipinski definition) is 1. The van der Waals surface area contributed by atoms with Crippen molar-refractivity contribution in [3.8, 4) is 78.6 Å². The van der Waals surface area contributed by atoms with Crippen LogP contribution in [0.25, 0.3) is 83.9 Å². The summed E-state index contributed by atoms with van der Waals surface area (Å²) in [5.41, 5.74) is 17.6. The third-order valence-electron chi connectivity index (χ3n) is 13.3. The lowest BCUT2D eigenvalue weighted by atomic mass is 9.79. The van der Waals surface area contributed by atoms with Crippen LogP contribution in [0.3, 0.4) is 0 Å². The molecule has 3 aliphatic rings. The standard InChI is InChI=1S/C58H49N3O/c1-36-29-39(41-30-43(56(2,3)4)35-44(31-41)57(5,6)7)25-26-49(36)60-50-23-16-22-45-47-32-42(38-19-12-9-13-20-38)33-48-51-34-40(37-17-10-8-11-18-37)27-28-59(51)58(53(47)48)61(54(45)50)55(60)46-21-14-15-24-52(46)62-58/h8-35H,1-7H3/q+2/i1D3. The summed E-state index contributed by atoms with van der Waals surface area (Å²) in [6.07, 6.45) is 2.17. The van der Waals surface area contributed by atoms with Gasteiger partial charge in [0, 0.05) is 27.4 Å². The fourth-order valence-electron chi connectivity index (χ4n) is 10.2. The number of ether oxygens (including phenoxy) is 1. The Morgan fingerprint density at radius 3 is 1.87 bits per heavy atom. The number of pyridine rings is 1. The van der Waals surface area contributed by atoms with E-state index < -0.39 is 12.7 Å². The Kier molecular flexibility index (Phi) is 6.92. The molecule has 5 heterocycles. The zero-order valence-electron chi connectivity index (χ0n) is 38.9. The molecule has 1 unspecified atom stereocenters. The van der Waals surface area contributed by atoms with E-state index >= 15 is 0 Å². The summed E-state index contributed by atoms with van der Waals surface area (Å²) >= 11 is 0. The fraction of sp³-hybridized carbons (Fsp3) is 0.172. The van der Waals surface area contributed by atoms with Crippen LogP contribution in [0.1, 0.15) is 67.9 Å². The molecule has 4 heteroatoms. The first kappa shape index (κ1) is 33.7. The van der Waals surface area contributed by atoms with Gasteiger partial charge in [0.1, 0.15) is 22.6 Å². The van der Waals surface area contributed by atoms with Crippen molar-refractivity contribution in [3.63, 3.8) is 0 Å². The van der Waals surface area contributed by atoms with Crippen LogP contribution in [-0.2, 0) is 16.7 Å². The molecule has 0 fully saturated rings. The highest BCUT2D eigenvalue weighted by atomic mass is 16.5. The van der Waals surface area contributed by atoms with E-state index in [1.54, 1.807) is 0 Å². The number of aryl methyl sites for hydroxylation is 1. The molecule has 12 rings (SSSR count). The van der Waals surface area contributed by atoms with Crippen LogP contribution >= 0.6 is 0 Å². The van der Waals surface area contributed by atoms with Crippen molar-refractivity contribution < 1.29 is 18.0 Å². The third-order valence-corrected chi connectivity index (χ3v) is 13.3. The summed E-state index contributed by atoms with van der Waals surface area (Å²) in [5.74, 6) is 0.397. The van der Waals surface area contributed by atoms with Gasteiger partial charge in [0.2, 0.25) is 5.69 Å². The van der Waals surface area contributed by atoms with Gasteiger partial charge in [0.05, 0.1) is 5.56 Å². The second-order valence-corrected chi connectivity index (χ2v) is 19.3. The minimum atomic E-state index is -2.45. The second kappa shape index (κ2) is 12.7. The number of hydrogen-bond donors (Lipinski definition) is 0. The average Bonchev–Trinajstić information content (AvgIpc) is 3.79. The minimum Gasteiger partial charge on any atom is -0.392 e. The van der Waals surface area contributed by atoms with Crippen molar-refractivity contribution in [1.29, 1.82) is 0 Å². The van der Waals surface area contributed by atoms with E-state index in [2.05, 4.69) is 189 Å². The van der Waals surface area contributed by atoms with Crippen LogP contribution in [0.4, 0.5) is 0 Å². The van der Waals surface area contributed by atoms with E-state index in [-0.39, 0.29) is 16.4 Å². The van der Waals surface area contributed by atoms with Crippen LogP contribution in [-0.4, -0.2) is 4.57 Å². The van der Waals surface area contributed by atoms with Gasteiger partial charge in [-0.3, -0.25) is 0 Å². The van der Waals surface area contributed by atoms with Crippen LogP contribution < -0.4 is 13.9 Å². The largest absolute Gasteiger partial charge is 0.499 e. The van der Waals surface area contributed by atoms with Crippen LogP contribution in [0, 0.1) is 6.85 Å². The van der Waals surface area contributed by atoms with Crippen molar-refractivity contribution in [2.45, 2.75) is 65.1 Å². The molecule has 0 saturated heterocycles. The van der Waals surface area contributed by atoms with E-state index in [4.69, 9.17) is 4.74 Å². The van der Waals surface area contributed by atoms with Gasteiger partial charge in [0.25, 0.3) is 0 Å². The molecule has 62 heavy (non-hydrogen) atoms. The maximum absolute atomic E-state index is 9.21. The molecule has 7 aromatic carbocycles. The van der Waals surface area contributed by atoms with Crippen molar-refractivity contribution in [2.75, 3.05) is 0 Å². The van der Waals surface area contributed by atoms with E-state index in [0.717, 1.165) is 89.5 Å². The second-order valence-electron chi connectivity index (χ2n) is 19.3. The fourth-order valence-corrected chi connectivity index (χ4v) is 10.2.